The molecule has 0 aliphatic heterocycles. The summed E-state index contributed by atoms with van der Waals surface area (Å²) in [4.78, 5) is 23.0. The van der Waals surface area contributed by atoms with Crippen LogP contribution in [0.2, 0.25) is 0 Å². The molecule has 0 heterocycles. The minimum Gasteiger partial charge on any atom is -0.359 e. The van der Waals surface area contributed by atoms with E-state index in [1.165, 1.54) is 13.1 Å². The summed E-state index contributed by atoms with van der Waals surface area (Å²) >= 11 is 0. The van der Waals surface area contributed by atoms with Crippen LogP contribution in [0.1, 0.15) is 23.2 Å². The number of rotatable bonds is 5. The fraction of sp³-hybridized carbons (Fsp3) is 0.176. The van der Waals surface area contributed by atoms with E-state index in [0.717, 1.165) is 5.56 Å². The number of hydrogen-bond donors (Lipinski definition) is 1. The normalized spacial score (nSPS) is 10.2. The number of amides is 1. The summed E-state index contributed by atoms with van der Waals surface area (Å²) in [6, 6.07) is 13.2. The first-order valence-corrected chi connectivity index (χ1v) is 6.70. The van der Waals surface area contributed by atoms with Crippen molar-refractivity contribution in [3.63, 3.8) is 0 Å². The molecule has 0 bridgehead atoms. The molecule has 0 saturated heterocycles. The Balaban J connectivity index is 2.10. The number of halogens is 1. The van der Waals surface area contributed by atoms with Gasteiger partial charge < -0.3 is 5.32 Å². The summed E-state index contributed by atoms with van der Waals surface area (Å²) in [6.45, 7) is 0. The molecule has 1 N–H and O–H groups in total. The van der Waals surface area contributed by atoms with Crippen LogP contribution in [0, 0.1) is 5.82 Å². The fourth-order valence-electron chi connectivity index (χ4n) is 2.03. The molecule has 0 unspecified atom stereocenters. The van der Waals surface area contributed by atoms with Crippen molar-refractivity contribution in [2.75, 3.05) is 7.05 Å². The Morgan fingerprint density at radius 2 is 1.67 bits per heavy atom. The quantitative estimate of drug-likeness (QED) is 0.857. The molecule has 0 spiro atoms. The highest BCUT2D eigenvalue weighted by atomic mass is 19.1. The van der Waals surface area contributed by atoms with E-state index < -0.39 is 0 Å². The van der Waals surface area contributed by atoms with E-state index in [9.17, 15) is 14.0 Å². The highest BCUT2D eigenvalue weighted by molar-refractivity contribution is 5.98. The highest BCUT2D eigenvalue weighted by Crippen LogP contribution is 2.23. The van der Waals surface area contributed by atoms with Gasteiger partial charge in [0.2, 0.25) is 5.91 Å². The van der Waals surface area contributed by atoms with Crippen molar-refractivity contribution in [1.29, 1.82) is 0 Å². The number of Topliss-reactive ketones (excluding diaryl/α,β-unsaturated/α-hetero) is 1. The molecular weight excluding hydrogens is 269 g/mol. The first-order valence-electron chi connectivity index (χ1n) is 6.70. The molecule has 0 aliphatic carbocycles. The molecule has 0 radical (unpaired) electrons. The lowest BCUT2D eigenvalue weighted by Crippen LogP contribution is -2.18. The van der Waals surface area contributed by atoms with Gasteiger partial charge in [0.25, 0.3) is 0 Å². The molecule has 2 aromatic rings. The second kappa shape index (κ2) is 6.79. The lowest BCUT2D eigenvalue weighted by molar-refractivity contribution is -0.120. The predicted molar refractivity (Wildman–Crippen MR) is 79.5 cm³/mol. The summed E-state index contributed by atoms with van der Waals surface area (Å²) in [5.74, 6) is -0.554. The van der Waals surface area contributed by atoms with Gasteiger partial charge in [0.1, 0.15) is 5.82 Å². The van der Waals surface area contributed by atoms with E-state index in [-0.39, 0.29) is 30.3 Å². The molecule has 0 atom stereocenters. The van der Waals surface area contributed by atoms with Crippen LogP contribution in [0.15, 0.2) is 48.5 Å². The molecule has 1 amide bonds. The van der Waals surface area contributed by atoms with Crippen LogP contribution in [-0.2, 0) is 4.79 Å². The largest absolute Gasteiger partial charge is 0.359 e. The number of benzene rings is 2. The number of hydrogen-bond acceptors (Lipinski definition) is 2. The first-order chi connectivity index (χ1) is 10.1. The zero-order valence-corrected chi connectivity index (χ0v) is 11.7. The maximum Gasteiger partial charge on any atom is 0.220 e. The van der Waals surface area contributed by atoms with Crippen LogP contribution in [0.5, 0.6) is 0 Å². The van der Waals surface area contributed by atoms with Crippen molar-refractivity contribution >= 4 is 11.7 Å². The zero-order valence-electron chi connectivity index (χ0n) is 11.7. The van der Waals surface area contributed by atoms with Crippen LogP contribution in [0.3, 0.4) is 0 Å². The number of nitrogens with one attached hydrogen (secondary N) is 1. The number of carbonyl (C=O) groups excluding carboxylic acids is 2. The van der Waals surface area contributed by atoms with Crippen molar-refractivity contribution in [2.24, 2.45) is 0 Å². The molecule has 4 heteroatoms. The summed E-state index contributed by atoms with van der Waals surface area (Å²) < 4.78 is 13.7. The second-order valence-corrected chi connectivity index (χ2v) is 4.65. The van der Waals surface area contributed by atoms with Crippen LogP contribution < -0.4 is 5.32 Å². The summed E-state index contributed by atoms with van der Waals surface area (Å²) in [5, 5.41) is 2.48. The third-order valence-corrected chi connectivity index (χ3v) is 3.25. The van der Waals surface area contributed by atoms with E-state index in [2.05, 4.69) is 5.32 Å². The van der Waals surface area contributed by atoms with Crippen molar-refractivity contribution in [1.82, 2.24) is 5.32 Å². The Morgan fingerprint density at radius 3 is 2.29 bits per heavy atom. The summed E-state index contributed by atoms with van der Waals surface area (Å²) in [6.07, 6.45) is 0.336. The molecule has 2 rings (SSSR count). The molecule has 21 heavy (non-hydrogen) atoms. The van der Waals surface area contributed by atoms with Gasteiger partial charge in [-0.2, -0.15) is 0 Å². The van der Waals surface area contributed by atoms with E-state index >= 15 is 0 Å². The van der Waals surface area contributed by atoms with Crippen molar-refractivity contribution in [3.8, 4) is 11.1 Å². The van der Waals surface area contributed by atoms with Crippen LogP contribution >= 0.6 is 0 Å². The van der Waals surface area contributed by atoms with Crippen LogP contribution in [0.25, 0.3) is 11.1 Å². The minimum atomic E-state index is -0.295. The average Bonchev–Trinajstić information content (AvgIpc) is 2.53. The molecule has 0 aliphatic rings. The van der Waals surface area contributed by atoms with Gasteiger partial charge in [-0.25, -0.2) is 4.39 Å². The van der Waals surface area contributed by atoms with Gasteiger partial charge >= 0.3 is 0 Å². The Morgan fingerprint density at radius 1 is 1.00 bits per heavy atom. The second-order valence-electron chi connectivity index (χ2n) is 4.65. The van der Waals surface area contributed by atoms with E-state index in [4.69, 9.17) is 0 Å². The van der Waals surface area contributed by atoms with E-state index in [1.54, 1.807) is 42.5 Å². The molecule has 0 aromatic heterocycles. The molecular formula is C17H16FNO2. The molecule has 108 valence electrons. The minimum absolute atomic E-state index is 0.0984. The van der Waals surface area contributed by atoms with Crippen molar-refractivity contribution in [3.05, 3.63) is 59.9 Å². The average molecular weight is 285 g/mol. The van der Waals surface area contributed by atoms with Crippen LogP contribution in [-0.4, -0.2) is 18.7 Å². The molecule has 0 fully saturated rings. The summed E-state index contributed by atoms with van der Waals surface area (Å²) in [5.41, 5.74) is 1.75. The van der Waals surface area contributed by atoms with Gasteiger partial charge in [0.15, 0.2) is 5.78 Å². The Labute approximate surface area is 122 Å². The van der Waals surface area contributed by atoms with Gasteiger partial charge in [-0.1, -0.05) is 42.5 Å². The number of ketones is 1. The maximum atomic E-state index is 13.7. The zero-order chi connectivity index (χ0) is 15.2. The van der Waals surface area contributed by atoms with Gasteiger partial charge in [-0.15, -0.1) is 0 Å². The third-order valence-electron chi connectivity index (χ3n) is 3.25. The van der Waals surface area contributed by atoms with Gasteiger partial charge in [0, 0.05) is 31.0 Å². The van der Waals surface area contributed by atoms with Crippen molar-refractivity contribution < 1.29 is 14.0 Å². The van der Waals surface area contributed by atoms with Crippen LogP contribution in [0.4, 0.5) is 4.39 Å². The Hall–Kier alpha value is -2.49. The first kappa shape index (κ1) is 14.9. The highest BCUT2D eigenvalue weighted by Gasteiger charge is 2.09. The SMILES string of the molecule is CNC(=O)CCC(=O)c1ccc(-c2ccccc2F)cc1. The Kier molecular flexibility index (Phi) is 4.82. The lowest BCUT2D eigenvalue weighted by Gasteiger charge is -2.05. The monoisotopic (exact) mass is 285 g/mol. The summed E-state index contributed by atoms with van der Waals surface area (Å²) in [7, 11) is 1.54. The maximum absolute atomic E-state index is 13.7. The van der Waals surface area contributed by atoms with E-state index in [1.807, 2.05) is 0 Å². The lowest BCUT2D eigenvalue weighted by atomic mass is 10.0. The predicted octanol–water partition coefficient (Wildman–Crippen LogP) is 3.20. The van der Waals surface area contributed by atoms with Crippen molar-refractivity contribution in [2.45, 2.75) is 12.8 Å². The Bertz CT molecular complexity index is 650. The smallest absolute Gasteiger partial charge is 0.220 e. The number of carbonyl (C=O) groups is 2. The molecule has 3 nitrogen and oxygen atoms in total. The van der Waals surface area contributed by atoms with E-state index in [0.29, 0.717) is 11.1 Å². The van der Waals surface area contributed by atoms with Gasteiger partial charge in [0.05, 0.1) is 0 Å². The fourth-order valence-corrected chi connectivity index (χ4v) is 2.03. The molecule has 2 aromatic carbocycles. The van der Waals surface area contributed by atoms with Gasteiger partial charge in [-0.3, -0.25) is 9.59 Å². The molecule has 0 saturated carbocycles. The van der Waals surface area contributed by atoms with Gasteiger partial charge in [-0.05, 0) is 11.6 Å². The standard InChI is InChI=1S/C17H16FNO2/c1-19-17(21)11-10-16(20)13-8-6-12(7-9-13)14-4-2-3-5-15(14)18/h2-9H,10-11H2,1H3,(H,19,21). The third kappa shape index (κ3) is 3.75. The topological polar surface area (TPSA) is 46.2 Å².